The van der Waals surface area contributed by atoms with Gasteiger partial charge in [-0.05, 0) is 0 Å². The zero-order valence-electron chi connectivity index (χ0n) is 9.49. The van der Waals surface area contributed by atoms with Gasteiger partial charge in [-0.15, -0.1) is 0 Å². The van der Waals surface area contributed by atoms with Gasteiger partial charge in [0.1, 0.15) is 0 Å². The molecular formula is C11H15N3O3. The number of aromatic nitrogens is 2. The third-order valence-electron chi connectivity index (χ3n) is 3.15. The van der Waals surface area contributed by atoms with Gasteiger partial charge in [-0.2, -0.15) is 4.98 Å². The summed E-state index contributed by atoms with van der Waals surface area (Å²) in [7, 11) is 0. The minimum Gasteiger partial charge on any atom is -0.378 e. The van der Waals surface area contributed by atoms with Crippen molar-refractivity contribution in [1.82, 2.24) is 15.3 Å². The highest BCUT2D eigenvalue weighted by Gasteiger charge is 2.24. The van der Waals surface area contributed by atoms with Crippen LogP contribution < -0.4 is 11.0 Å². The second-order valence-electron chi connectivity index (χ2n) is 4.27. The summed E-state index contributed by atoms with van der Waals surface area (Å²) in [5.41, 5.74) is 2.47. The number of nitrogens with one attached hydrogen (secondary N) is 2. The Kier molecular flexibility index (Phi) is 2.92. The van der Waals surface area contributed by atoms with E-state index in [1.54, 1.807) is 0 Å². The van der Waals surface area contributed by atoms with Crippen LogP contribution in [0.3, 0.4) is 0 Å². The standard InChI is InChI=1S/C11H15N3O3/c15-11-13-8-1-3-16-5-7(8)10(14-11)9-6-17-4-2-12-9/h9,12H,1-6H2,(H,13,14,15). The van der Waals surface area contributed by atoms with E-state index in [4.69, 9.17) is 9.47 Å². The summed E-state index contributed by atoms with van der Waals surface area (Å²) >= 11 is 0. The first-order chi connectivity index (χ1) is 8.34. The number of nitrogens with zero attached hydrogens (tertiary/aromatic N) is 1. The van der Waals surface area contributed by atoms with Crippen LogP contribution in [0.4, 0.5) is 0 Å². The van der Waals surface area contributed by atoms with Crippen molar-refractivity contribution in [2.75, 3.05) is 26.4 Å². The Morgan fingerprint density at radius 2 is 2.24 bits per heavy atom. The lowest BCUT2D eigenvalue weighted by Gasteiger charge is -2.27. The molecule has 0 aromatic carbocycles. The average Bonchev–Trinajstić information content (AvgIpc) is 2.39. The predicted molar refractivity (Wildman–Crippen MR) is 59.8 cm³/mol. The molecule has 3 rings (SSSR count). The van der Waals surface area contributed by atoms with Gasteiger partial charge in [-0.1, -0.05) is 0 Å². The SMILES string of the molecule is O=c1nc(C2COCCN2)c2c([nH]1)CCOC2. The second kappa shape index (κ2) is 4.56. The first kappa shape index (κ1) is 10.9. The Morgan fingerprint density at radius 3 is 3.06 bits per heavy atom. The molecule has 0 radical (unpaired) electrons. The van der Waals surface area contributed by atoms with Gasteiger partial charge >= 0.3 is 5.69 Å². The summed E-state index contributed by atoms with van der Waals surface area (Å²) in [6, 6.07) is 0.00139. The monoisotopic (exact) mass is 237 g/mol. The lowest BCUT2D eigenvalue weighted by molar-refractivity contribution is 0.0715. The molecule has 0 bridgehead atoms. The minimum absolute atomic E-state index is 0.00139. The van der Waals surface area contributed by atoms with Crippen molar-refractivity contribution in [3.8, 4) is 0 Å². The maximum atomic E-state index is 11.5. The lowest BCUT2D eigenvalue weighted by atomic mass is 10.0. The van der Waals surface area contributed by atoms with E-state index in [1.165, 1.54) is 0 Å². The van der Waals surface area contributed by atoms with Crippen LogP contribution in [-0.2, 0) is 22.5 Å². The summed E-state index contributed by atoms with van der Waals surface area (Å²) in [6.07, 6.45) is 0.744. The molecule has 92 valence electrons. The molecule has 6 heteroatoms. The minimum atomic E-state index is -0.284. The molecule has 1 unspecified atom stereocenters. The molecule has 0 saturated carbocycles. The fourth-order valence-electron chi connectivity index (χ4n) is 2.32. The number of hydrogen-bond donors (Lipinski definition) is 2. The number of aromatic amines is 1. The Labute approximate surface area is 98.4 Å². The predicted octanol–water partition coefficient (Wildman–Crippen LogP) is -0.496. The molecule has 2 aliphatic heterocycles. The van der Waals surface area contributed by atoms with Crippen molar-refractivity contribution in [3.05, 3.63) is 27.4 Å². The maximum absolute atomic E-state index is 11.5. The highest BCUT2D eigenvalue weighted by molar-refractivity contribution is 5.28. The van der Waals surface area contributed by atoms with Gasteiger partial charge in [0.05, 0.1) is 38.2 Å². The van der Waals surface area contributed by atoms with Gasteiger partial charge in [-0.25, -0.2) is 4.79 Å². The zero-order chi connectivity index (χ0) is 11.7. The van der Waals surface area contributed by atoms with Crippen LogP contribution in [0.25, 0.3) is 0 Å². The Morgan fingerprint density at radius 1 is 1.29 bits per heavy atom. The van der Waals surface area contributed by atoms with E-state index >= 15 is 0 Å². The molecule has 3 heterocycles. The molecule has 0 spiro atoms. The third kappa shape index (κ3) is 2.11. The molecule has 1 saturated heterocycles. The van der Waals surface area contributed by atoms with E-state index in [0.29, 0.717) is 26.4 Å². The zero-order valence-corrected chi connectivity index (χ0v) is 9.49. The Hall–Kier alpha value is -1.24. The van der Waals surface area contributed by atoms with Crippen LogP contribution in [-0.4, -0.2) is 36.3 Å². The van der Waals surface area contributed by atoms with Crippen LogP contribution in [0.5, 0.6) is 0 Å². The van der Waals surface area contributed by atoms with Crippen LogP contribution in [0, 0.1) is 0 Å². The maximum Gasteiger partial charge on any atom is 0.345 e. The third-order valence-corrected chi connectivity index (χ3v) is 3.15. The summed E-state index contributed by atoms with van der Waals surface area (Å²) in [4.78, 5) is 18.4. The van der Waals surface area contributed by atoms with E-state index in [-0.39, 0.29) is 11.7 Å². The van der Waals surface area contributed by atoms with Gasteiger partial charge in [-0.3, -0.25) is 0 Å². The lowest BCUT2D eigenvalue weighted by Crippen LogP contribution is -2.38. The van der Waals surface area contributed by atoms with Crippen LogP contribution in [0.15, 0.2) is 4.79 Å². The van der Waals surface area contributed by atoms with Crippen molar-refractivity contribution >= 4 is 0 Å². The topological polar surface area (TPSA) is 76.2 Å². The number of hydrogen-bond acceptors (Lipinski definition) is 5. The molecule has 2 aliphatic rings. The molecule has 1 aromatic heterocycles. The molecule has 17 heavy (non-hydrogen) atoms. The van der Waals surface area contributed by atoms with Crippen molar-refractivity contribution < 1.29 is 9.47 Å². The summed E-state index contributed by atoms with van der Waals surface area (Å²) in [5, 5.41) is 3.32. The van der Waals surface area contributed by atoms with Gasteiger partial charge in [0.2, 0.25) is 0 Å². The van der Waals surface area contributed by atoms with Crippen molar-refractivity contribution in [1.29, 1.82) is 0 Å². The largest absolute Gasteiger partial charge is 0.378 e. The molecule has 1 fully saturated rings. The fourth-order valence-corrected chi connectivity index (χ4v) is 2.32. The fraction of sp³-hybridized carbons (Fsp3) is 0.636. The number of ether oxygens (including phenoxy) is 2. The summed E-state index contributed by atoms with van der Waals surface area (Å²) < 4.78 is 10.8. The number of H-pyrrole nitrogens is 1. The number of fused-ring (bicyclic) bond motifs is 1. The van der Waals surface area contributed by atoms with Crippen molar-refractivity contribution in [2.45, 2.75) is 19.1 Å². The molecule has 1 atom stereocenters. The average molecular weight is 237 g/mol. The van der Waals surface area contributed by atoms with Crippen molar-refractivity contribution in [3.63, 3.8) is 0 Å². The molecule has 2 N–H and O–H groups in total. The van der Waals surface area contributed by atoms with Gasteiger partial charge < -0.3 is 19.8 Å². The quantitative estimate of drug-likeness (QED) is 0.689. The second-order valence-corrected chi connectivity index (χ2v) is 4.27. The first-order valence-electron chi connectivity index (χ1n) is 5.85. The van der Waals surface area contributed by atoms with Crippen molar-refractivity contribution in [2.24, 2.45) is 0 Å². The van der Waals surface area contributed by atoms with E-state index in [1.807, 2.05) is 0 Å². The normalized spacial score (nSPS) is 24.4. The summed E-state index contributed by atoms with van der Waals surface area (Å²) in [6.45, 7) is 3.23. The van der Waals surface area contributed by atoms with Gasteiger partial charge in [0.25, 0.3) is 0 Å². The smallest absolute Gasteiger partial charge is 0.345 e. The van der Waals surface area contributed by atoms with E-state index in [9.17, 15) is 4.79 Å². The number of rotatable bonds is 1. The molecule has 1 aromatic rings. The van der Waals surface area contributed by atoms with E-state index < -0.39 is 0 Å². The highest BCUT2D eigenvalue weighted by atomic mass is 16.5. The molecule has 6 nitrogen and oxygen atoms in total. The first-order valence-corrected chi connectivity index (χ1v) is 5.85. The van der Waals surface area contributed by atoms with E-state index in [0.717, 1.165) is 29.9 Å². The van der Waals surface area contributed by atoms with E-state index in [2.05, 4.69) is 15.3 Å². The van der Waals surface area contributed by atoms with Gasteiger partial charge in [0.15, 0.2) is 0 Å². The van der Waals surface area contributed by atoms with Gasteiger partial charge in [0, 0.05) is 24.2 Å². The molecule has 0 aliphatic carbocycles. The molecular weight excluding hydrogens is 222 g/mol. The molecule has 0 amide bonds. The Balaban J connectivity index is 2.01. The van der Waals surface area contributed by atoms with Crippen LogP contribution in [0.2, 0.25) is 0 Å². The Bertz CT molecular complexity index is 466. The number of morpholine rings is 1. The van der Waals surface area contributed by atoms with Crippen LogP contribution >= 0.6 is 0 Å². The summed E-state index contributed by atoms with van der Waals surface area (Å²) in [5.74, 6) is 0. The van der Waals surface area contributed by atoms with Crippen LogP contribution in [0.1, 0.15) is 23.0 Å². The highest BCUT2D eigenvalue weighted by Crippen LogP contribution is 2.22.